The molecule has 1 aliphatic rings. The van der Waals surface area contributed by atoms with Crippen LogP contribution in [0.5, 0.6) is 11.5 Å². The Morgan fingerprint density at radius 1 is 1.08 bits per heavy atom. The van der Waals surface area contributed by atoms with Gasteiger partial charge in [0.25, 0.3) is 5.91 Å². The zero-order valence-corrected chi connectivity index (χ0v) is 22.2. The molecule has 7 heteroatoms. The minimum absolute atomic E-state index is 0.00314. The first kappa shape index (κ1) is 27.3. The molecule has 0 radical (unpaired) electrons. The number of hydrogen-bond acceptors (Lipinski definition) is 5. The zero-order chi connectivity index (χ0) is 26.4. The lowest BCUT2D eigenvalue weighted by molar-refractivity contribution is -0.858. The quantitative estimate of drug-likeness (QED) is 0.294. The van der Waals surface area contributed by atoms with Gasteiger partial charge in [0.1, 0.15) is 11.5 Å². The van der Waals surface area contributed by atoms with Gasteiger partial charge in [0.2, 0.25) is 5.78 Å². The Morgan fingerprint density at radius 3 is 2.36 bits per heavy atom. The van der Waals surface area contributed by atoms with E-state index in [0.717, 1.165) is 18.5 Å². The first-order valence-electron chi connectivity index (χ1n) is 12.7. The fraction of sp³-hybridized carbons (Fsp3) is 0.448. The van der Waals surface area contributed by atoms with Crippen molar-refractivity contribution in [2.24, 2.45) is 5.92 Å². The largest absolute Gasteiger partial charge is 0.872 e. The second-order valence-corrected chi connectivity index (χ2v) is 9.97. The summed E-state index contributed by atoms with van der Waals surface area (Å²) in [5, 5.41) is 13.7. The molecule has 36 heavy (non-hydrogen) atoms. The maximum Gasteiger partial charge on any atom is 0.295 e. The summed E-state index contributed by atoms with van der Waals surface area (Å²) in [5.41, 5.74) is 1.89. The van der Waals surface area contributed by atoms with Gasteiger partial charge in [-0.15, -0.1) is 0 Å². The molecule has 0 aromatic heterocycles. The average molecular weight is 495 g/mol. The van der Waals surface area contributed by atoms with Crippen LogP contribution in [0.25, 0.3) is 5.76 Å². The van der Waals surface area contributed by atoms with E-state index >= 15 is 0 Å². The van der Waals surface area contributed by atoms with Crippen LogP contribution in [0.2, 0.25) is 0 Å². The molecule has 0 saturated carbocycles. The molecule has 0 spiro atoms. The van der Waals surface area contributed by atoms with Crippen LogP contribution in [0.1, 0.15) is 49.9 Å². The normalized spacial score (nSPS) is 17.3. The Kier molecular flexibility index (Phi) is 9.15. The molecule has 1 fully saturated rings. The van der Waals surface area contributed by atoms with Gasteiger partial charge in [0.15, 0.2) is 0 Å². The Morgan fingerprint density at radius 2 is 1.78 bits per heavy atom. The van der Waals surface area contributed by atoms with Crippen LogP contribution >= 0.6 is 0 Å². The van der Waals surface area contributed by atoms with E-state index in [2.05, 4.69) is 13.8 Å². The highest BCUT2D eigenvalue weighted by Crippen LogP contribution is 2.39. The average Bonchev–Trinajstić information content (AvgIpc) is 3.08. The fourth-order valence-corrected chi connectivity index (χ4v) is 4.33. The highest BCUT2D eigenvalue weighted by molar-refractivity contribution is 6.46. The van der Waals surface area contributed by atoms with Crippen molar-refractivity contribution in [3.05, 3.63) is 64.7 Å². The van der Waals surface area contributed by atoms with Gasteiger partial charge in [-0.25, -0.2) is 0 Å². The van der Waals surface area contributed by atoms with Gasteiger partial charge in [-0.05, 0) is 60.7 Å². The van der Waals surface area contributed by atoms with Gasteiger partial charge in [0, 0.05) is 18.5 Å². The van der Waals surface area contributed by atoms with E-state index in [-0.39, 0.29) is 5.57 Å². The standard InChI is InChI=1S/C29H38N2O5/c1-7-35-23-12-9-21(10-13-23)26-25(28(33)29(34)31(26)16-8-15-30(5)6)27(32)22-11-14-24(20(4)17-22)36-18-19(2)3/h9-14,17,19,26,32H,7-8,15-16,18H2,1-6H3. The highest BCUT2D eigenvalue weighted by atomic mass is 16.5. The second kappa shape index (κ2) is 12.1. The maximum atomic E-state index is 13.7. The third kappa shape index (κ3) is 6.26. The van der Waals surface area contributed by atoms with Crippen molar-refractivity contribution < 1.29 is 29.1 Å². The van der Waals surface area contributed by atoms with Crippen molar-refractivity contribution in [3.63, 3.8) is 0 Å². The second-order valence-electron chi connectivity index (χ2n) is 9.97. The lowest BCUT2D eigenvalue weighted by atomic mass is 9.94. The maximum absolute atomic E-state index is 13.7. The summed E-state index contributed by atoms with van der Waals surface area (Å²) in [5.74, 6) is -0.00613. The van der Waals surface area contributed by atoms with E-state index < -0.39 is 23.5 Å². The predicted molar refractivity (Wildman–Crippen MR) is 138 cm³/mol. The molecule has 7 nitrogen and oxygen atoms in total. The van der Waals surface area contributed by atoms with Crippen molar-refractivity contribution in [2.45, 2.75) is 40.2 Å². The lowest BCUT2D eigenvalue weighted by Gasteiger charge is -2.28. The van der Waals surface area contributed by atoms with Gasteiger partial charge in [0.05, 0.1) is 39.9 Å². The van der Waals surface area contributed by atoms with E-state index in [1.54, 1.807) is 35.2 Å². The smallest absolute Gasteiger partial charge is 0.295 e. The molecule has 0 bridgehead atoms. The lowest BCUT2D eigenvalue weighted by Crippen LogP contribution is -3.05. The molecule has 1 amide bonds. The molecule has 1 saturated heterocycles. The summed E-state index contributed by atoms with van der Waals surface area (Å²) in [6.45, 7) is 10.3. The number of carbonyl (C=O) groups excluding carboxylic acids is 2. The van der Waals surface area contributed by atoms with E-state index in [1.807, 2.05) is 40.1 Å². The molecule has 194 valence electrons. The summed E-state index contributed by atoms with van der Waals surface area (Å²) < 4.78 is 11.4. The number of ether oxygens (including phenoxy) is 2. The number of rotatable bonds is 11. The molecule has 0 aliphatic carbocycles. The number of aryl methyl sites for hydroxylation is 1. The monoisotopic (exact) mass is 494 g/mol. The number of nitrogens with zero attached hydrogens (tertiary/aromatic N) is 1. The van der Waals surface area contributed by atoms with Gasteiger partial charge >= 0.3 is 0 Å². The number of hydrogen-bond donors (Lipinski definition) is 1. The molecule has 1 N–H and O–H groups in total. The van der Waals surface area contributed by atoms with Crippen molar-refractivity contribution in [2.75, 3.05) is 40.4 Å². The van der Waals surface area contributed by atoms with Crippen LogP contribution in [0.3, 0.4) is 0 Å². The minimum atomic E-state index is -0.734. The number of Topliss-reactive ketones (excluding diaryl/α,β-unsaturated/α-hetero) is 1. The number of likely N-dealkylation sites (tertiary alicyclic amines) is 1. The third-order valence-corrected chi connectivity index (χ3v) is 6.12. The van der Waals surface area contributed by atoms with E-state index in [4.69, 9.17) is 9.47 Å². The number of amides is 1. The van der Waals surface area contributed by atoms with Crippen molar-refractivity contribution in [1.29, 1.82) is 0 Å². The van der Waals surface area contributed by atoms with E-state index in [9.17, 15) is 14.7 Å². The van der Waals surface area contributed by atoms with Crippen LogP contribution in [-0.4, -0.2) is 57.0 Å². The summed E-state index contributed by atoms with van der Waals surface area (Å²) >= 11 is 0. The molecular weight excluding hydrogens is 456 g/mol. The van der Waals surface area contributed by atoms with Crippen molar-refractivity contribution in [1.82, 2.24) is 4.90 Å². The van der Waals surface area contributed by atoms with Crippen LogP contribution in [0.4, 0.5) is 0 Å². The highest BCUT2D eigenvalue weighted by Gasteiger charge is 2.44. The third-order valence-electron chi connectivity index (χ3n) is 6.12. The van der Waals surface area contributed by atoms with Gasteiger partial charge < -0.3 is 24.4 Å². The van der Waals surface area contributed by atoms with Crippen molar-refractivity contribution >= 4 is 17.4 Å². The Labute approximate surface area is 214 Å². The van der Waals surface area contributed by atoms with Gasteiger partial charge in [-0.1, -0.05) is 37.8 Å². The first-order valence-corrected chi connectivity index (χ1v) is 12.7. The van der Waals surface area contributed by atoms with Crippen LogP contribution in [-0.2, 0) is 9.59 Å². The first-order chi connectivity index (χ1) is 17.1. The van der Waals surface area contributed by atoms with E-state index in [0.29, 0.717) is 48.3 Å². The molecular formula is C29H38N2O5. The molecule has 2 aromatic carbocycles. The van der Waals surface area contributed by atoms with Crippen LogP contribution < -0.4 is 19.5 Å². The minimum Gasteiger partial charge on any atom is -0.872 e. The van der Waals surface area contributed by atoms with Gasteiger partial charge in [-0.2, -0.15) is 0 Å². The summed E-state index contributed by atoms with van der Waals surface area (Å²) in [4.78, 5) is 29.1. The molecule has 1 atom stereocenters. The van der Waals surface area contributed by atoms with E-state index in [1.165, 1.54) is 4.90 Å². The molecule has 1 unspecified atom stereocenters. The topological polar surface area (TPSA) is 83.3 Å². The molecule has 3 rings (SSSR count). The van der Waals surface area contributed by atoms with Crippen LogP contribution in [0, 0.1) is 12.8 Å². The summed E-state index contributed by atoms with van der Waals surface area (Å²) in [6.07, 6.45) is 0.720. The number of nitrogens with one attached hydrogen (secondary N) is 1. The number of benzene rings is 2. The number of quaternary nitrogens is 1. The molecule has 1 heterocycles. The van der Waals surface area contributed by atoms with Gasteiger partial charge in [-0.3, -0.25) is 9.59 Å². The van der Waals surface area contributed by atoms with Crippen LogP contribution in [0.15, 0.2) is 48.0 Å². The predicted octanol–water partition coefficient (Wildman–Crippen LogP) is 2.19. The molecule has 2 aromatic rings. The fourth-order valence-electron chi connectivity index (χ4n) is 4.33. The molecule has 1 aliphatic heterocycles. The number of ketones is 1. The summed E-state index contributed by atoms with van der Waals surface area (Å²) in [7, 11) is 4.08. The summed E-state index contributed by atoms with van der Waals surface area (Å²) in [6, 6.07) is 11.7. The number of carbonyl (C=O) groups is 2. The Bertz CT molecular complexity index is 1110. The Balaban J connectivity index is 2.03. The SMILES string of the molecule is CCOc1ccc(C2C(=C([O-])c3ccc(OCC(C)C)c(C)c3)C(=O)C(=O)N2CCC[NH+](C)C)cc1. The Hall–Kier alpha value is -3.32. The zero-order valence-electron chi connectivity index (χ0n) is 22.2. The van der Waals surface area contributed by atoms with Crippen molar-refractivity contribution in [3.8, 4) is 11.5 Å².